The van der Waals surface area contributed by atoms with Crippen LogP contribution in [0, 0.1) is 0 Å². The quantitative estimate of drug-likeness (QED) is 0.838. The van der Waals surface area contributed by atoms with Crippen LogP contribution in [0.25, 0.3) is 0 Å². The first-order chi connectivity index (χ1) is 10.5. The van der Waals surface area contributed by atoms with Crippen molar-refractivity contribution in [1.82, 2.24) is 15.5 Å². The predicted molar refractivity (Wildman–Crippen MR) is 93.7 cm³/mol. The highest BCUT2D eigenvalue weighted by Crippen LogP contribution is 2.25. The number of likely N-dealkylation sites (tertiary alicyclic amines) is 1. The van der Waals surface area contributed by atoms with Gasteiger partial charge in [-0.3, -0.25) is 4.90 Å². The molecule has 1 aliphatic carbocycles. The van der Waals surface area contributed by atoms with Crippen LogP contribution < -0.4 is 10.6 Å². The van der Waals surface area contributed by atoms with Crippen LogP contribution in [0.3, 0.4) is 0 Å². The van der Waals surface area contributed by atoms with Crippen molar-refractivity contribution in [2.45, 2.75) is 96.5 Å². The van der Waals surface area contributed by atoms with Crippen LogP contribution in [0.1, 0.15) is 67.2 Å². The first-order valence-corrected chi connectivity index (χ1v) is 9.03. The van der Waals surface area contributed by atoms with Crippen molar-refractivity contribution in [3.8, 4) is 0 Å². The maximum absolute atomic E-state index is 11.7. The molecule has 0 atom stereocenters. The van der Waals surface area contributed by atoms with E-state index in [1.807, 2.05) is 20.8 Å². The second kappa shape index (κ2) is 6.98. The summed E-state index contributed by atoms with van der Waals surface area (Å²) in [4.78, 5) is 14.3. The van der Waals surface area contributed by atoms with E-state index in [0.29, 0.717) is 12.1 Å². The second-order valence-corrected chi connectivity index (χ2v) is 9.11. The van der Waals surface area contributed by atoms with Gasteiger partial charge >= 0.3 is 6.09 Å². The van der Waals surface area contributed by atoms with Gasteiger partial charge in [-0.05, 0) is 67.2 Å². The van der Waals surface area contributed by atoms with E-state index in [9.17, 15) is 4.79 Å². The van der Waals surface area contributed by atoms with Crippen LogP contribution in [-0.4, -0.2) is 53.3 Å². The van der Waals surface area contributed by atoms with E-state index in [2.05, 4.69) is 36.3 Å². The van der Waals surface area contributed by atoms with E-state index in [1.54, 1.807) is 0 Å². The van der Waals surface area contributed by atoms with Crippen LogP contribution in [0.5, 0.6) is 0 Å². The van der Waals surface area contributed by atoms with E-state index in [-0.39, 0.29) is 17.7 Å². The number of piperidine rings is 1. The molecular weight excluding hydrogens is 290 g/mol. The fourth-order valence-corrected chi connectivity index (χ4v) is 3.40. The highest BCUT2D eigenvalue weighted by molar-refractivity contribution is 5.68. The largest absolute Gasteiger partial charge is 0.444 e. The average Bonchev–Trinajstić information content (AvgIpc) is 2.33. The molecule has 5 heteroatoms. The van der Waals surface area contributed by atoms with Crippen molar-refractivity contribution in [3.05, 3.63) is 0 Å². The van der Waals surface area contributed by atoms with Gasteiger partial charge in [0.15, 0.2) is 0 Å². The summed E-state index contributed by atoms with van der Waals surface area (Å²) in [6, 6.07) is 1.43. The number of carbonyl (C=O) groups is 1. The van der Waals surface area contributed by atoms with Gasteiger partial charge in [0.2, 0.25) is 0 Å². The Labute approximate surface area is 141 Å². The molecule has 2 fully saturated rings. The third-order valence-electron chi connectivity index (χ3n) is 4.77. The Morgan fingerprint density at radius 2 is 1.52 bits per heavy atom. The molecule has 5 nitrogen and oxygen atoms in total. The summed E-state index contributed by atoms with van der Waals surface area (Å²) >= 11 is 0. The number of amides is 1. The number of hydrogen-bond acceptors (Lipinski definition) is 4. The van der Waals surface area contributed by atoms with Gasteiger partial charge in [-0.1, -0.05) is 0 Å². The Kier molecular flexibility index (Phi) is 5.62. The minimum absolute atomic E-state index is 0.261. The molecule has 2 N–H and O–H groups in total. The molecule has 1 saturated carbocycles. The van der Waals surface area contributed by atoms with Gasteiger partial charge in [0.05, 0.1) is 0 Å². The average molecular weight is 325 g/mol. The SMILES string of the molecule is CC(C)(C)OC(=O)NC1CC(NC2CCN(C(C)(C)C)CC2)C1. The Morgan fingerprint density at radius 3 is 2.00 bits per heavy atom. The maximum atomic E-state index is 11.7. The topological polar surface area (TPSA) is 53.6 Å². The minimum Gasteiger partial charge on any atom is -0.444 e. The summed E-state index contributed by atoms with van der Waals surface area (Å²) in [6.45, 7) is 14.9. The van der Waals surface area contributed by atoms with Gasteiger partial charge in [-0.25, -0.2) is 4.79 Å². The molecular formula is C18H35N3O2. The van der Waals surface area contributed by atoms with Crippen molar-refractivity contribution in [3.63, 3.8) is 0 Å². The van der Waals surface area contributed by atoms with Gasteiger partial charge in [-0.15, -0.1) is 0 Å². The number of carbonyl (C=O) groups excluding carboxylic acids is 1. The first kappa shape index (κ1) is 18.5. The maximum Gasteiger partial charge on any atom is 0.407 e. The van der Waals surface area contributed by atoms with Crippen LogP contribution >= 0.6 is 0 Å². The molecule has 0 unspecified atom stereocenters. The third kappa shape index (κ3) is 5.96. The van der Waals surface area contributed by atoms with E-state index in [0.717, 1.165) is 12.8 Å². The fourth-order valence-electron chi connectivity index (χ4n) is 3.40. The zero-order valence-corrected chi connectivity index (χ0v) is 15.7. The van der Waals surface area contributed by atoms with E-state index in [4.69, 9.17) is 4.74 Å². The molecule has 0 radical (unpaired) electrons. The summed E-state index contributed by atoms with van der Waals surface area (Å²) in [6.07, 6.45) is 4.17. The molecule has 2 rings (SSSR count). The highest BCUT2D eigenvalue weighted by Gasteiger charge is 2.34. The van der Waals surface area contributed by atoms with Crippen LogP contribution in [0.2, 0.25) is 0 Å². The second-order valence-electron chi connectivity index (χ2n) is 9.11. The van der Waals surface area contributed by atoms with Crippen molar-refractivity contribution < 1.29 is 9.53 Å². The molecule has 2 aliphatic rings. The number of ether oxygens (including phenoxy) is 1. The monoisotopic (exact) mass is 325 g/mol. The van der Waals surface area contributed by atoms with Crippen molar-refractivity contribution in [2.75, 3.05) is 13.1 Å². The summed E-state index contributed by atoms with van der Waals surface area (Å²) in [7, 11) is 0. The van der Waals surface area contributed by atoms with E-state index >= 15 is 0 Å². The zero-order valence-electron chi connectivity index (χ0n) is 15.7. The van der Waals surface area contributed by atoms with Gasteiger partial charge in [0.25, 0.3) is 0 Å². The molecule has 0 aromatic carbocycles. The van der Waals surface area contributed by atoms with Crippen LogP contribution in [0.15, 0.2) is 0 Å². The number of rotatable bonds is 3. The third-order valence-corrected chi connectivity index (χ3v) is 4.77. The Hall–Kier alpha value is -0.810. The standard InChI is InChI=1S/C18H35N3O2/c1-17(2,3)21-9-7-13(8-10-21)19-14-11-15(12-14)20-16(22)23-18(4,5)6/h13-15,19H,7-12H2,1-6H3,(H,20,22). The molecule has 134 valence electrons. The molecule has 0 aromatic heterocycles. The molecule has 23 heavy (non-hydrogen) atoms. The summed E-state index contributed by atoms with van der Waals surface area (Å²) < 4.78 is 5.30. The molecule has 1 saturated heterocycles. The van der Waals surface area contributed by atoms with Gasteiger partial charge in [0.1, 0.15) is 5.60 Å². The van der Waals surface area contributed by atoms with Gasteiger partial charge in [-0.2, -0.15) is 0 Å². The lowest BCUT2D eigenvalue weighted by atomic mass is 9.85. The molecule has 1 aliphatic heterocycles. The lowest BCUT2D eigenvalue weighted by Crippen LogP contribution is -2.57. The van der Waals surface area contributed by atoms with Crippen LogP contribution in [-0.2, 0) is 4.74 Å². The lowest BCUT2D eigenvalue weighted by molar-refractivity contribution is 0.0455. The van der Waals surface area contributed by atoms with Crippen molar-refractivity contribution in [2.24, 2.45) is 0 Å². The van der Waals surface area contributed by atoms with Crippen molar-refractivity contribution in [1.29, 1.82) is 0 Å². The zero-order chi connectivity index (χ0) is 17.3. The summed E-state index contributed by atoms with van der Waals surface area (Å²) in [5.41, 5.74) is -0.142. The van der Waals surface area contributed by atoms with Gasteiger partial charge in [0, 0.05) is 36.8 Å². The normalized spacial score (nSPS) is 27.4. The molecule has 0 aromatic rings. The smallest absolute Gasteiger partial charge is 0.407 e. The fraction of sp³-hybridized carbons (Fsp3) is 0.944. The number of alkyl carbamates (subject to hydrolysis) is 1. The number of nitrogens with one attached hydrogen (secondary N) is 2. The Balaban J connectivity index is 1.61. The van der Waals surface area contributed by atoms with E-state index < -0.39 is 5.60 Å². The molecule has 1 heterocycles. The highest BCUT2D eigenvalue weighted by atomic mass is 16.6. The Morgan fingerprint density at radius 1 is 0.957 bits per heavy atom. The Bertz CT molecular complexity index is 397. The van der Waals surface area contributed by atoms with Crippen LogP contribution in [0.4, 0.5) is 4.79 Å². The molecule has 0 spiro atoms. The minimum atomic E-state index is -0.424. The first-order valence-electron chi connectivity index (χ1n) is 9.03. The number of hydrogen-bond donors (Lipinski definition) is 2. The van der Waals surface area contributed by atoms with Crippen molar-refractivity contribution >= 4 is 6.09 Å². The summed E-state index contributed by atoms with van der Waals surface area (Å²) in [5.74, 6) is 0. The predicted octanol–water partition coefficient (Wildman–Crippen LogP) is 2.89. The number of nitrogens with zero attached hydrogens (tertiary/aromatic N) is 1. The van der Waals surface area contributed by atoms with E-state index in [1.165, 1.54) is 25.9 Å². The molecule has 1 amide bonds. The van der Waals surface area contributed by atoms with Gasteiger partial charge < -0.3 is 15.4 Å². The molecule has 0 bridgehead atoms. The lowest BCUT2D eigenvalue weighted by Gasteiger charge is -2.44. The summed E-state index contributed by atoms with van der Waals surface area (Å²) in [5, 5.41) is 6.72.